The molecule has 6 heteroatoms. The summed E-state index contributed by atoms with van der Waals surface area (Å²) < 4.78 is 7.57. The molecule has 2 heterocycles. The maximum atomic E-state index is 11.2. The van der Waals surface area contributed by atoms with Crippen LogP contribution in [0.3, 0.4) is 0 Å². The molecule has 4 aromatic rings. The molecule has 0 aliphatic carbocycles. The Kier molecular flexibility index (Phi) is 6.47. The minimum absolute atomic E-state index is 0.0794. The number of rotatable bonds is 10. The average molecular weight is 412 g/mol. The normalized spacial score (nSPS) is 10.8. The van der Waals surface area contributed by atoms with Gasteiger partial charge in [-0.25, -0.2) is 0 Å². The van der Waals surface area contributed by atoms with E-state index < -0.39 is 0 Å². The molecule has 0 N–H and O–H groups in total. The van der Waals surface area contributed by atoms with Crippen LogP contribution in [0.25, 0.3) is 16.9 Å². The van der Waals surface area contributed by atoms with Gasteiger partial charge in [-0.2, -0.15) is 9.61 Å². The highest BCUT2D eigenvalue weighted by atomic mass is 16.5. The lowest BCUT2D eigenvalue weighted by Gasteiger charge is -2.07. The summed E-state index contributed by atoms with van der Waals surface area (Å²) in [4.78, 5) is 11.2. The second-order valence-electron chi connectivity index (χ2n) is 7.27. The van der Waals surface area contributed by atoms with Crippen LogP contribution in [0, 0.1) is 0 Å². The average Bonchev–Trinajstić information content (AvgIpc) is 3.22. The first-order chi connectivity index (χ1) is 15.2. The number of aromatic nitrogens is 4. The number of benzene rings is 2. The summed E-state index contributed by atoms with van der Waals surface area (Å²) in [5.74, 6) is 1.68. The van der Waals surface area contributed by atoms with Crippen molar-refractivity contribution in [2.75, 3.05) is 6.61 Å². The molecule has 2 aromatic heterocycles. The third-order valence-corrected chi connectivity index (χ3v) is 5.00. The Morgan fingerprint density at radius 2 is 1.77 bits per heavy atom. The first-order valence-electron chi connectivity index (χ1n) is 10.4. The topological polar surface area (TPSA) is 69.4 Å². The quantitative estimate of drug-likeness (QED) is 0.279. The lowest BCUT2D eigenvalue weighted by atomic mass is 10.1. The van der Waals surface area contributed by atoms with Gasteiger partial charge in [0.05, 0.1) is 12.3 Å². The number of hydrogen-bond acceptors (Lipinski definition) is 5. The molecule has 4 rings (SSSR count). The van der Waals surface area contributed by atoms with Crippen molar-refractivity contribution in [2.24, 2.45) is 0 Å². The van der Waals surface area contributed by atoms with Crippen molar-refractivity contribution in [3.8, 4) is 17.0 Å². The fraction of sp³-hybridized carbons (Fsp3) is 0.200. The summed E-state index contributed by atoms with van der Waals surface area (Å²) in [5.41, 5.74) is 3.77. The molecule has 0 spiro atoms. The first kappa shape index (κ1) is 20.5. The van der Waals surface area contributed by atoms with E-state index in [4.69, 9.17) is 9.84 Å². The Bertz CT molecular complexity index is 1170. The molecule has 2 aromatic carbocycles. The van der Waals surface area contributed by atoms with Crippen LogP contribution in [-0.2, 0) is 11.2 Å². The standard InChI is InChI=1S/C25H24N4O2/c1-2-21(30)10-6-7-17-31-22-13-11-19(12-14-22)18-25-27-26-24-16-15-23(28-29(24)25)20-8-4-3-5-9-20/h2-5,8-9,11-16H,1,6-7,10,17-18H2. The number of nitrogens with zero attached hydrogens (tertiary/aromatic N) is 4. The number of carbonyl (C=O) groups excluding carboxylic acids is 1. The molecule has 156 valence electrons. The number of hydrogen-bond donors (Lipinski definition) is 0. The van der Waals surface area contributed by atoms with Crippen molar-refractivity contribution in [3.63, 3.8) is 0 Å². The molecule has 0 saturated heterocycles. The summed E-state index contributed by atoms with van der Waals surface area (Å²) in [6, 6.07) is 21.9. The molecule has 0 saturated carbocycles. The number of unbranched alkanes of at least 4 members (excludes halogenated alkanes) is 1. The maximum absolute atomic E-state index is 11.2. The third kappa shape index (κ3) is 5.22. The number of carbonyl (C=O) groups is 1. The van der Waals surface area contributed by atoms with Crippen LogP contribution < -0.4 is 4.74 Å². The molecule has 0 fully saturated rings. The Morgan fingerprint density at radius 1 is 0.968 bits per heavy atom. The first-order valence-corrected chi connectivity index (χ1v) is 10.4. The van der Waals surface area contributed by atoms with Crippen molar-refractivity contribution >= 4 is 11.4 Å². The Hall–Kier alpha value is -3.80. The van der Waals surface area contributed by atoms with E-state index in [0.29, 0.717) is 19.4 Å². The molecule has 0 aliphatic rings. The van der Waals surface area contributed by atoms with E-state index in [1.54, 1.807) is 4.52 Å². The smallest absolute Gasteiger partial charge is 0.177 e. The molecule has 0 amide bonds. The van der Waals surface area contributed by atoms with Crippen LogP contribution in [-0.4, -0.2) is 32.2 Å². The third-order valence-electron chi connectivity index (χ3n) is 5.00. The maximum Gasteiger partial charge on any atom is 0.177 e. The van der Waals surface area contributed by atoms with Crippen molar-refractivity contribution in [3.05, 3.63) is 90.8 Å². The Morgan fingerprint density at radius 3 is 2.55 bits per heavy atom. The van der Waals surface area contributed by atoms with Crippen LogP contribution in [0.2, 0.25) is 0 Å². The van der Waals surface area contributed by atoms with E-state index in [1.807, 2.05) is 66.7 Å². The minimum Gasteiger partial charge on any atom is -0.494 e. The molecule has 0 atom stereocenters. The van der Waals surface area contributed by atoms with E-state index in [0.717, 1.165) is 46.9 Å². The second kappa shape index (κ2) is 9.80. The zero-order chi connectivity index (χ0) is 21.5. The van der Waals surface area contributed by atoms with Crippen LogP contribution in [0.4, 0.5) is 0 Å². The predicted octanol–water partition coefficient (Wildman–Crippen LogP) is 4.69. The Labute approximate surface area is 181 Å². The monoisotopic (exact) mass is 412 g/mol. The van der Waals surface area contributed by atoms with Gasteiger partial charge in [-0.05, 0) is 48.7 Å². The van der Waals surface area contributed by atoms with Gasteiger partial charge >= 0.3 is 0 Å². The van der Waals surface area contributed by atoms with Gasteiger partial charge in [0.1, 0.15) is 5.75 Å². The largest absolute Gasteiger partial charge is 0.494 e. The van der Waals surface area contributed by atoms with Gasteiger partial charge in [-0.3, -0.25) is 4.79 Å². The summed E-state index contributed by atoms with van der Waals surface area (Å²) in [7, 11) is 0. The van der Waals surface area contributed by atoms with E-state index in [9.17, 15) is 4.79 Å². The van der Waals surface area contributed by atoms with E-state index in [1.165, 1.54) is 6.08 Å². The van der Waals surface area contributed by atoms with Gasteiger partial charge in [0, 0.05) is 18.4 Å². The van der Waals surface area contributed by atoms with Gasteiger partial charge < -0.3 is 4.74 Å². The van der Waals surface area contributed by atoms with Crippen molar-refractivity contribution in [2.45, 2.75) is 25.7 Å². The fourth-order valence-corrected chi connectivity index (χ4v) is 3.29. The lowest BCUT2D eigenvalue weighted by molar-refractivity contribution is -0.114. The highest BCUT2D eigenvalue weighted by Gasteiger charge is 2.10. The summed E-state index contributed by atoms with van der Waals surface area (Å²) in [6.45, 7) is 4.07. The molecule has 0 radical (unpaired) electrons. The second-order valence-corrected chi connectivity index (χ2v) is 7.27. The molecule has 0 bridgehead atoms. The summed E-state index contributed by atoms with van der Waals surface area (Å²) in [6.07, 6.45) is 4.16. The van der Waals surface area contributed by atoms with Gasteiger partial charge in [0.2, 0.25) is 0 Å². The zero-order valence-electron chi connectivity index (χ0n) is 17.3. The van der Waals surface area contributed by atoms with Crippen molar-refractivity contribution in [1.29, 1.82) is 0 Å². The fourth-order valence-electron chi connectivity index (χ4n) is 3.29. The highest BCUT2D eigenvalue weighted by molar-refractivity contribution is 5.88. The lowest BCUT2D eigenvalue weighted by Crippen LogP contribution is -2.02. The number of allylic oxidation sites excluding steroid dienone is 1. The molecular weight excluding hydrogens is 388 g/mol. The summed E-state index contributed by atoms with van der Waals surface area (Å²) in [5, 5.41) is 13.3. The number of ether oxygens (including phenoxy) is 1. The zero-order valence-corrected chi connectivity index (χ0v) is 17.3. The van der Waals surface area contributed by atoms with E-state index in [-0.39, 0.29) is 5.78 Å². The molecule has 6 nitrogen and oxygen atoms in total. The Balaban J connectivity index is 1.39. The molecule has 0 aliphatic heterocycles. The van der Waals surface area contributed by atoms with E-state index >= 15 is 0 Å². The van der Waals surface area contributed by atoms with E-state index in [2.05, 4.69) is 16.8 Å². The van der Waals surface area contributed by atoms with Gasteiger partial charge in [-0.1, -0.05) is 49.0 Å². The predicted molar refractivity (Wildman–Crippen MR) is 120 cm³/mol. The van der Waals surface area contributed by atoms with Crippen LogP contribution >= 0.6 is 0 Å². The van der Waals surface area contributed by atoms with Crippen molar-refractivity contribution < 1.29 is 9.53 Å². The van der Waals surface area contributed by atoms with Gasteiger partial charge in [0.25, 0.3) is 0 Å². The molecule has 31 heavy (non-hydrogen) atoms. The van der Waals surface area contributed by atoms with Crippen molar-refractivity contribution in [1.82, 2.24) is 19.8 Å². The molecular formula is C25H24N4O2. The highest BCUT2D eigenvalue weighted by Crippen LogP contribution is 2.19. The summed E-state index contributed by atoms with van der Waals surface area (Å²) >= 11 is 0. The number of ketones is 1. The van der Waals surface area contributed by atoms with Crippen LogP contribution in [0.15, 0.2) is 79.4 Å². The SMILES string of the molecule is C=CC(=O)CCCCOc1ccc(Cc2nnc3ccc(-c4ccccc4)nn23)cc1. The van der Waals surface area contributed by atoms with Crippen LogP contribution in [0.5, 0.6) is 5.75 Å². The minimum atomic E-state index is 0.0794. The van der Waals surface area contributed by atoms with Gasteiger partial charge in [0.15, 0.2) is 17.3 Å². The van der Waals surface area contributed by atoms with Crippen LogP contribution in [0.1, 0.15) is 30.7 Å². The molecule has 0 unspecified atom stereocenters. The van der Waals surface area contributed by atoms with Gasteiger partial charge in [-0.15, -0.1) is 10.2 Å². The number of fused-ring (bicyclic) bond motifs is 1.